The summed E-state index contributed by atoms with van der Waals surface area (Å²) in [5.74, 6) is -0.153. The molecule has 1 aliphatic heterocycles. The molecule has 1 N–H and O–H groups in total. The Morgan fingerprint density at radius 3 is 2.14 bits per heavy atom. The third kappa shape index (κ3) is 3.15. The maximum Gasteiger partial charge on any atom is 0.295 e. The smallest absolute Gasteiger partial charge is 0.295 e. The molecule has 2 aromatic rings. The molecule has 0 saturated carbocycles. The summed E-state index contributed by atoms with van der Waals surface area (Å²) in [4.78, 5) is 26.3. The number of benzene rings is 2. The van der Waals surface area contributed by atoms with Gasteiger partial charge in [0.25, 0.3) is 11.7 Å². The Balaban J connectivity index is 2.14. The lowest BCUT2D eigenvalue weighted by Gasteiger charge is -2.21. The van der Waals surface area contributed by atoms with Crippen LogP contribution in [-0.2, 0) is 9.59 Å². The SMILES string of the molecule is COc1ccc([C@@H]2C(=C(O)c3ccc(OC)c(OC)c3)C(=O)C(=O)N2C)cc1. The highest BCUT2D eigenvalue weighted by atomic mass is 16.5. The van der Waals surface area contributed by atoms with Crippen molar-refractivity contribution in [3.05, 3.63) is 59.2 Å². The number of hydrogen-bond donors (Lipinski definition) is 1. The molecule has 0 aromatic heterocycles. The maximum atomic E-state index is 12.6. The summed E-state index contributed by atoms with van der Waals surface area (Å²) < 4.78 is 15.6. The summed E-state index contributed by atoms with van der Waals surface area (Å²) in [5.41, 5.74) is 1.05. The predicted octanol–water partition coefficient (Wildman–Crippen LogP) is 2.76. The van der Waals surface area contributed by atoms with Crippen molar-refractivity contribution >= 4 is 17.4 Å². The highest BCUT2D eigenvalue weighted by molar-refractivity contribution is 6.46. The normalized spacial score (nSPS) is 18.3. The van der Waals surface area contributed by atoms with Crippen LogP contribution in [0.1, 0.15) is 17.2 Å². The van der Waals surface area contributed by atoms with Gasteiger partial charge in [-0.3, -0.25) is 9.59 Å². The first-order valence-electron chi connectivity index (χ1n) is 8.53. The van der Waals surface area contributed by atoms with Crippen LogP contribution in [0.5, 0.6) is 17.2 Å². The van der Waals surface area contributed by atoms with E-state index >= 15 is 0 Å². The number of aliphatic hydroxyl groups is 1. The fourth-order valence-corrected chi connectivity index (χ4v) is 3.26. The van der Waals surface area contributed by atoms with Crippen LogP contribution in [0.3, 0.4) is 0 Å². The van der Waals surface area contributed by atoms with Crippen LogP contribution in [-0.4, -0.2) is 50.1 Å². The Morgan fingerprint density at radius 2 is 1.57 bits per heavy atom. The fraction of sp³-hybridized carbons (Fsp3) is 0.238. The van der Waals surface area contributed by atoms with Gasteiger partial charge < -0.3 is 24.2 Å². The summed E-state index contributed by atoms with van der Waals surface area (Å²) in [6.07, 6.45) is 0. The third-order valence-electron chi connectivity index (χ3n) is 4.76. The van der Waals surface area contributed by atoms with Crippen molar-refractivity contribution in [3.8, 4) is 17.2 Å². The Labute approximate surface area is 162 Å². The van der Waals surface area contributed by atoms with Gasteiger partial charge in [0.15, 0.2) is 11.5 Å². The van der Waals surface area contributed by atoms with Crippen molar-refractivity contribution in [1.82, 2.24) is 4.90 Å². The molecule has 0 spiro atoms. The molecule has 0 aliphatic carbocycles. The lowest BCUT2D eigenvalue weighted by atomic mass is 9.95. The van der Waals surface area contributed by atoms with E-state index in [2.05, 4.69) is 0 Å². The van der Waals surface area contributed by atoms with Crippen LogP contribution in [0.15, 0.2) is 48.0 Å². The lowest BCUT2D eigenvalue weighted by molar-refractivity contribution is -0.139. The first-order valence-corrected chi connectivity index (χ1v) is 8.53. The van der Waals surface area contributed by atoms with Gasteiger partial charge in [0.1, 0.15) is 11.5 Å². The Hall–Kier alpha value is -3.48. The average molecular weight is 383 g/mol. The number of aliphatic hydroxyl groups excluding tert-OH is 1. The van der Waals surface area contributed by atoms with E-state index in [-0.39, 0.29) is 11.3 Å². The molecule has 28 heavy (non-hydrogen) atoms. The number of nitrogens with zero attached hydrogens (tertiary/aromatic N) is 1. The van der Waals surface area contributed by atoms with Gasteiger partial charge in [-0.2, -0.15) is 0 Å². The molecule has 1 atom stereocenters. The maximum absolute atomic E-state index is 12.6. The molecule has 1 heterocycles. The highest BCUT2D eigenvalue weighted by Crippen LogP contribution is 2.40. The molecule has 2 aromatic carbocycles. The van der Waals surface area contributed by atoms with Gasteiger partial charge >= 0.3 is 0 Å². The van der Waals surface area contributed by atoms with E-state index < -0.39 is 17.7 Å². The molecule has 7 nitrogen and oxygen atoms in total. The van der Waals surface area contributed by atoms with Gasteiger partial charge in [0.2, 0.25) is 0 Å². The summed E-state index contributed by atoms with van der Waals surface area (Å²) in [6, 6.07) is 11.1. The Bertz CT molecular complexity index is 948. The molecular formula is C21H21NO6. The number of likely N-dealkylation sites (tertiary alicyclic amines) is 1. The highest BCUT2D eigenvalue weighted by Gasteiger charge is 2.44. The first kappa shape index (κ1) is 19.3. The molecular weight excluding hydrogens is 362 g/mol. The predicted molar refractivity (Wildman–Crippen MR) is 103 cm³/mol. The van der Waals surface area contributed by atoms with E-state index in [9.17, 15) is 14.7 Å². The second-order valence-electron chi connectivity index (χ2n) is 6.25. The molecule has 0 radical (unpaired) electrons. The number of amides is 1. The van der Waals surface area contributed by atoms with E-state index in [0.29, 0.717) is 28.4 Å². The number of rotatable bonds is 5. The number of Topliss-reactive ketones (excluding diaryl/α,β-unsaturated/α-hetero) is 1. The number of likely N-dealkylation sites (N-methyl/N-ethyl adjacent to an activating group) is 1. The molecule has 1 aliphatic rings. The van der Waals surface area contributed by atoms with E-state index in [1.165, 1.54) is 26.2 Å². The first-order chi connectivity index (χ1) is 13.4. The number of ketones is 1. The Kier molecular flexibility index (Phi) is 5.26. The van der Waals surface area contributed by atoms with E-state index in [4.69, 9.17) is 14.2 Å². The van der Waals surface area contributed by atoms with Crippen molar-refractivity contribution in [2.45, 2.75) is 6.04 Å². The third-order valence-corrected chi connectivity index (χ3v) is 4.76. The van der Waals surface area contributed by atoms with E-state index in [1.54, 1.807) is 49.6 Å². The lowest BCUT2D eigenvalue weighted by Crippen LogP contribution is -2.24. The molecule has 3 rings (SSSR count). The minimum absolute atomic E-state index is 0.0184. The molecule has 1 fully saturated rings. The summed E-state index contributed by atoms with van der Waals surface area (Å²) in [7, 11) is 6.07. The summed E-state index contributed by atoms with van der Waals surface area (Å²) in [5, 5.41) is 10.9. The largest absolute Gasteiger partial charge is 0.507 e. The molecule has 7 heteroatoms. The van der Waals surface area contributed by atoms with Crippen LogP contribution in [0.2, 0.25) is 0 Å². The van der Waals surface area contributed by atoms with Crippen molar-refractivity contribution in [2.24, 2.45) is 0 Å². The molecule has 146 valence electrons. The van der Waals surface area contributed by atoms with Crippen molar-refractivity contribution in [1.29, 1.82) is 0 Å². The van der Waals surface area contributed by atoms with Gasteiger partial charge in [-0.15, -0.1) is 0 Å². The quantitative estimate of drug-likeness (QED) is 0.485. The van der Waals surface area contributed by atoms with Crippen LogP contribution in [0.4, 0.5) is 0 Å². The number of methoxy groups -OCH3 is 3. The minimum atomic E-state index is -0.740. The molecule has 1 saturated heterocycles. The number of carbonyl (C=O) groups is 2. The molecule has 0 unspecified atom stereocenters. The zero-order valence-electron chi connectivity index (χ0n) is 16.1. The monoisotopic (exact) mass is 383 g/mol. The van der Waals surface area contributed by atoms with Gasteiger partial charge in [-0.25, -0.2) is 0 Å². The van der Waals surface area contributed by atoms with Gasteiger partial charge in [-0.05, 0) is 35.9 Å². The number of hydrogen-bond acceptors (Lipinski definition) is 6. The zero-order chi connectivity index (χ0) is 20.4. The van der Waals surface area contributed by atoms with Crippen molar-refractivity contribution < 1.29 is 28.9 Å². The van der Waals surface area contributed by atoms with Crippen molar-refractivity contribution in [3.63, 3.8) is 0 Å². The van der Waals surface area contributed by atoms with Crippen LogP contribution < -0.4 is 14.2 Å². The average Bonchev–Trinajstić information content (AvgIpc) is 2.96. The standard InChI is InChI=1S/C21H21NO6/c1-22-18(12-5-8-14(26-2)9-6-12)17(20(24)21(22)25)19(23)13-7-10-15(27-3)16(11-13)28-4/h5-11,18,23H,1-4H3/t18-/m1/s1. The molecule has 1 amide bonds. The fourth-order valence-electron chi connectivity index (χ4n) is 3.26. The van der Waals surface area contributed by atoms with Crippen LogP contribution in [0.25, 0.3) is 5.76 Å². The van der Waals surface area contributed by atoms with Gasteiger partial charge in [0, 0.05) is 12.6 Å². The molecule has 0 bridgehead atoms. The summed E-state index contributed by atoms with van der Waals surface area (Å²) >= 11 is 0. The number of ether oxygens (including phenoxy) is 3. The van der Waals surface area contributed by atoms with Crippen LogP contribution >= 0.6 is 0 Å². The Morgan fingerprint density at radius 1 is 0.929 bits per heavy atom. The van der Waals surface area contributed by atoms with Gasteiger partial charge in [-0.1, -0.05) is 12.1 Å². The second-order valence-corrected chi connectivity index (χ2v) is 6.25. The zero-order valence-corrected chi connectivity index (χ0v) is 16.1. The van der Waals surface area contributed by atoms with E-state index in [1.807, 2.05) is 0 Å². The second kappa shape index (κ2) is 7.64. The summed E-state index contributed by atoms with van der Waals surface area (Å²) in [6.45, 7) is 0. The van der Waals surface area contributed by atoms with E-state index in [0.717, 1.165) is 0 Å². The van der Waals surface area contributed by atoms with Crippen LogP contribution in [0, 0.1) is 0 Å². The van der Waals surface area contributed by atoms with Crippen molar-refractivity contribution in [2.75, 3.05) is 28.4 Å². The number of carbonyl (C=O) groups excluding carboxylic acids is 2. The van der Waals surface area contributed by atoms with Gasteiger partial charge in [0.05, 0.1) is 32.9 Å². The minimum Gasteiger partial charge on any atom is -0.507 e. The topological polar surface area (TPSA) is 85.3 Å².